The van der Waals surface area contributed by atoms with E-state index in [-0.39, 0.29) is 11.3 Å². The van der Waals surface area contributed by atoms with Crippen molar-refractivity contribution >= 4 is 5.69 Å². The van der Waals surface area contributed by atoms with Crippen LogP contribution in [0.25, 0.3) is 0 Å². The van der Waals surface area contributed by atoms with Gasteiger partial charge < -0.3 is 10.1 Å². The van der Waals surface area contributed by atoms with Crippen LogP contribution in [0.3, 0.4) is 0 Å². The minimum atomic E-state index is -4.34. The highest BCUT2D eigenvalue weighted by molar-refractivity contribution is 5.43. The van der Waals surface area contributed by atoms with E-state index in [1.807, 2.05) is 0 Å². The zero-order valence-electron chi connectivity index (χ0n) is 12.3. The summed E-state index contributed by atoms with van der Waals surface area (Å²) in [4.78, 5) is 3.91. The molecule has 2 rings (SSSR count). The van der Waals surface area contributed by atoms with Gasteiger partial charge in [-0.25, -0.2) is 4.98 Å². The Balaban J connectivity index is 1.93. The smallest absolute Gasteiger partial charge is 0.422 e. The van der Waals surface area contributed by atoms with Crippen molar-refractivity contribution in [2.24, 2.45) is 5.41 Å². The number of anilines is 1. The number of halogens is 3. The van der Waals surface area contributed by atoms with Gasteiger partial charge in [0.2, 0.25) is 5.88 Å². The van der Waals surface area contributed by atoms with Gasteiger partial charge in [0.05, 0.1) is 11.9 Å². The maximum Gasteiger partial charge on any atom is 0.422 e. The summed E-state index contributed by atoms with van der Waals surface area (Å²) >= 11 is 0. The molecule has 1 saturated carbocycles. The molecule has 0 amide bonds. The Labute approximate surface area is 122 Å². The van der Waals surface area contributed by atoms with E-state index in [0.717, 1.165) is 12.1 Å². The minimum Gasteiger partial charge on any atom is -0.468 e. The number of alkyl halides is 3. The van der Waals surface area contributed by atoms with Crippen LogP contribution < -0.4 is 10.1 Å². The average Bonchev–Trinajstić information content (AvgIpc) is 2.39. The molecule has 1 atom stereocenters. The number of rotatable bonds is 4. The van der Waals surface area contributed by atoms with Crippen molar-refractivity contribution in [3.05, 3.63) is 18.3 Å². The molecule has 0 spiro atoms. The molecule has 21 heavy (non-hydrogen) atoms. The van der Waals surface area contributed by atoms with Gasteiger partial charge in [-0.1, -0.05) is 26.7 Å². The lowest BCUT2D eigenvalue weighted by Gasteiger charge is -2.39. The van der Waals surface area contributed by atoms with Gasteiger partial charge >= 0.3 is 6.18 Å². The molecule has 1 aliphatic rings. The fourth-order valence-electron chi connectivity index (χ4n) is 2.67. The van der Waals surface area contributed by atoms with Crippen LogP contribution in [0, 0.1) is 5.41 Å². The number of nitrogens with zero attached hydrogens (tertiary/aromatic N) is 1. The Morgan fingerprint density at radius 3 is 2.67 bits per heavy atom. The predicted octanol–water partition coefficient (Wildman–Crippen LogP) is 4.40. The van der Waals surface area contributed by atoms with E-state index in [1.165, 1.54) is 31.5 Å². The third kappa shape index (κ3) is 4.79. The molecule has 1 aromatic heterocycles. The SMILES string of the molecule is CC1(C)CCCCC1Nc1ccc(OCC(F)(F)F)nc1. The predicted molar refractivity (Wildman–Crippen MR) is 75.4 cm³/mol. The number of hydrogen-bond acceptors (Lipinski definition) is 3. The van der Waals surface area contributed by atoms with Gasteiger partial charge in [0.15, 0.2) is 6.61 Å². The molecule has 1 N–H and O–H groups in total. The molecule has 1 aliphatic carbocycles. The summed E-state index contributed by atoms with van der Waals surface area (Å²) < 4.78 is 40.7. The zero-order valence-corrected chi connectivity index (χ0v) is 12.3. The second-order valence-electron chi connectivity index (χ2n) is 6.22. The van der Waals surface area contributed by atoms with Crippen molar-refractivity contribution in [2.75, 3.05) is 11.9 Å². The Hall–Kier alpha value is -1.46. The van der Waals surface area contributed by atoms with Crippen LogP contribution >= 0.6 is 0 Å². The van der Waals surface area contributed by atoms with Crippen LogP contribution in [-0.2, 0) is 0 Å². The first-order chi connectivity index (χ1) is 9.76. The van der Waals surface area contributed by atoms with Gasteiger partial charge in [-0.15, -0.1) is 0 Å². The quantitative estimate of drug-likeness (QED) is 0.895. The molecule has 1 unspecified atom stereocenters. The number of pyridine rings is 1. The lowest BCUT2D eigenvalue weighted by molar-refractivity contribution is -0.154. The summed E-state index contributed by atoms with van der Waals surface area (Å²) in [5.41, 5.74) is 1.03. The first-order valence-electron chi connectivity index (χ1n) is 7.18. The van der Waals surface area contributed by atoms with Crippen LogP contribution in [0.5, 0.6) is 5.88 Å². The lowest BCUT2D eigenvalue weighted by Crippen LogP contribution is -2.38. The Bertz CT molecular complexity index is 457. The van der Waals surface area contributed by atoms with Crippen LogP contribution in [0.15, 0.2) is 18.3 Å². The summed E-state index contributed by atoms with van der Waals surface area (Å²) in [5, 5.41) is 3.43. The van der Waals surface area contributed by atoms with E-state index in [0.29, 0.717) is 6.04 Å². The highest BCUT2D eigenvalue weighted by Gasteiger charge is 2.32. The molecule has 6 heteroatoms. The van der Waals surface area contributed by atoms with Gasteiger partial charge in [0.25, 0.3) is 0 Å². The van der Waals surface area contributed by atoms with Gasteiger partial charge in [0, 0.05) is 12.1 Å². The molecule has 0 aliphatic heterocycles. The van der Waals surface area contributed by atoms with Crippen molar-refractivity contribution in [3.63, 3.8) is 0 Å². The molecule has 118 valence electrons. The lowest BCUT2D eigenvalue weighted by atomic mass is 9.73. The van der Waals surface area contributed by atoms with Crippen LogP contribution in [0.4, 0.5) is 18.9 Å². The van der Waals surface area contributed by atoms with E-state index in [9.17, 15) is 13.2 Å². The Kier molecular flexibility index (Phi) is 4.64. The van der Waals surface area contributed by atoms with E-state index < -0.39 is 12.8 Å². The normalized spacial score (nSPS) is 21.9. The third-order valence-corrected chi connectivity index (χ3v) is 3.97. The number of ether oxygens (including phenoxy) is 1. The standard InChI is InChI=1S/C15H21F3N2O/c1-14(2)8-4-3-5-12(14)20-11-6-7-13(19-9-11)21-10-15(16,17)18/h6-7,9,12,20H,3-5,8,10H2,1-2H3. The summed E-state index contributed by atoms with van der Waals surface area (Å²) in [6.45, 7) is 3.15. The molecule has 0 aromatic carbocycles. The second-order valence-corrected chi connectivity index (χ2v) is 6.22. The fourth-order valence-corrected chi connectivity index (χ4v) is 2.67. The van der Waals surface area contributed by atoms with Gasteiger partial charge in [-0.2, -0.15) is 13.2 Å². The minimum absolute atomic E-state index is 0.0132. The topological polar surface area (TPSA) is 34.1 Å². The van der Waals surface area contributed by atoms with Crippen molar-refractivity contribution in [2.45, 2.75) is 51.7 Å². The maximum absolute atomic E-state index is 12.0. The average molecular weight is 302 g/mol. The number of hydrogen-bond donors (Lipinski definition) is 1. The molecular weight excluding hydrogens is 281 g/mol. The highest BCUT2D eigenvalue weighted by Crippen LogP contribution is 2.37. The number of aromatic nitrogens is 1. The van der Waals surface area contributed by atoms with Gasteiger partial charge in [-0.3, -0.25) is 0 Å². The molecule has 0 saturated heterocycles. The van der Waals surface area contributed by atoms with Crippen LogP contribution in [0.2, 0.25) is 0 Å². The number of nitrogens with one attached hydrogen (secondary N) is 1. The Morgan fingerprint density at radius 2 is 2.10 bits per heavy atom. The summed E-state index contributed by atoms with van der Waals surface area (Å²) in [6, 6.07) is 3.53. The molecule has 0 radical (unpaired) electrons. The van der Waals surface area contributed by atoms with E-state index >= 15 is 0 Å². The maximum atomic E-state index is 12.0. The molecule has 0 bridgehead atoms. The summed E-state index contributed by atoms with van der Waals surface area (Å²) in [5.74, 6) is -0.0132. The van der Waals surface area contributed by atoms with Gasteiger partial charge in [0.1, 0.15) is 0 Å². The highest BCUT2D eigenvalue weighted by atomic mass is 19.4. The van der Waals surface area contributed by atoms with Crippen molar-refractivity contribution in [1.82, 2.24) is 4.98 Å². The first-order valence-corrected chi connectivity index (χ1v) is 7.18. The molecule has 1 aromatic rings. The van der Waals surface area contributed by atoms with Crippen molar-refractivity contribution < 1.29 is 17.9 Å². The van der Waals surface area contributed by atoms with Crippen molar-refractivity contribution in [1.29, 1.82) is 0 Å². The first kappa shape index (κ1) is 15.9. The largest absolute Gasteiger partial charge is 0.468 e. The van der Waals surface area contributed by atoms with Gasteiger partial charge in [-0.05, 0) is 24.3 Å². The second kappa shape index (κ2) is 6.12. The molecule has 1 fully saturated rings. The van der Waals surface area contributed by atoms with E-state index in [4.69, 9.17) is 0 Å². The molecular formula is C15H21F3N2O. The monoisotopic (exact) mass is 302 g/mol. The van der Waals surface area contributed by atoms with Crippen molar-refractivity contribution in [3.8, 4) is 5.88 Å². The molecule has 3 nitrogen and oxygen atoms in total. The Morgan fingerprint density at radius 1 is 1.33 bits per heavy atom. The fraction of sp³-hybridized carbons (Fsp3) is 0.667. The summed E-state index contributed by atoms with van der Waals surface area (Å²) in [7, 11) is 0. The summed E-state index contributed by atoms with van der Waals surface area (Å²) in [6.07, 6.45) is 1.89. The van der Waals surface area contributed by atoms with Crippen LogP contribution in [0.1, 0.15) is 39.5 Å². The zero-order chi connectivity index (χ0) is 15.5. The third-order valence-electron chi connectivity index (χ3n) is 3.97. The van der Waals surface area contributed by atoms with Crippen LogP contribution in [-0.4, -0.2) is 23.8 Å². The molecule has 1 heterocycles. The van der Waals surface area contributed by atoms with E-state index in [2.05, 4.69) is 28.9 Å². The van der Waals surface area contributed by atoms with E-state index in [1.54, 1.807) is 6.07 Å².